The van der Waals surface area contributed by atoms with Crippen molar-refractivity contribution in [3.63, 3.8) is 0 Å². The molecule has 3 aromatic carbocycles. The molecule has 2 heterocycles. The van der Waals surface area contributed by atoms with Crippen LogP contribution in [0.3, 0.4) is 0 Å². The minimum Gasteiger partial charge on any atom is -0.336 e. The standard InChI is InChI=1S/C27H29N3/c1-21(24-15-9-4-10-16-24)29-20-26(18-23-13-7-3-8-14-23)30-19-25(28-27(29)30)17-22-11-5-2-6-12-22/h2-16,21,25-26H,17-20H2,1H3/t21-,25-,26-/m0/s1. The molecular weight excluding hydrogens is 366 g/mol. The van der Waals surface area contributed by atoms with E-state index in [-0.39, 0.29) is 0 Å². The summed E-state index contributed by atoms with van der Waals surface area (Å²) in [6.07, 6.45) is 2.07. The summed E-state index contributed by atoms with van der Waals surface area (Å²) in [6, 6.07) is 33.6. The second kappa shape index (κ2) is 8.35. The molecule has 0 N–H and O–H groups in total. The molecule has 5 rings (SSSR count). The van der Waals surface area contributed by atoms with Gasteiger partial charge in [0.15, 0.2) is 5.96 Å². The van der Waals surface area contributed by atoms with E-state index in [2.05, 4.69) is 108 Å². The zero-order chi connectivity index (χ0) is 20.3. The molecule has 0 aromatic heterocycles. The van der Waals surface area contributed by atoms with Gasteiger partial charge in [-0.05, 0) is 36.5 Å². The number of rotatable bonds is 6. The minimum absolute atomic E-state index is 0.323. The summed E-state index contributed by atoms with van der Waals surface area (Å²) in [5, 5.41) is 0. The second-order valence-electron chi connectivity index (χ2n) is 8.51. The largest absolute Gasteiger partial charge is 0.336 e. The smallest absolute Gasteiger partial charge is 0.197 e. The maximum atomic E-state index is 5.23. The van der Waals surface area contributed by atoms with Gasteiger partial charge in [0.2, 0.25) is 0 Å². The molecule has 3 nitrogen and oxygen atoms in total. The third-order valence-electron chi connectivity index (χ3n) is 6.45. The minimum atomic E-state index is 0.323. The van der Waals surface area contributed by atoms with Gasteiger partial charge in [-0.25, -0.2) is 4.99 Å². The average molecular weight is 396 g/mol. The molecule has 0 amide bonds. The summed E-state index contributed by atoms with van der Waals surface area (Å²) in [6.45, 7) is 4.35. The monoisotopic (exact) mass is 395 g/mol. The van der Waals surface area contributed by atoms with E-state index >= 15 is 0 Å². The first-order chi connectivity index (χ1) is 14.8. The fourth-order valence-corrected chi connectivity index (χ4v) is 4.85. The average Bonchev–Trinajstić information content (AvgIpc) is 3.35. The summed E-state index contributed by atoms with van der Waals surface area (Å²) in [5.74, 6) is 1.19. The quantitative estimate of drug-likeness (QED) is 0.588. The van der Waals surface area contributed by atoms with Crippen LogP contribution >= 0.6 is 0 Å². The number of fused-ring (bicyclic) bond motifs is 1. The predicted octanol–water partition coefficient (Wildman–Crippen LogP) is 4.96. The zero-order valence-electron chi connectivity index (χ0n) is 17.6. The van der Waals surface area contributed by atoms with E-state index in [0.717, 1.165) is 25.9 Å². The molecule has 30 heavy (non-hydrogen) atoms. The van der Waals surface area contributed by atoms with Gasteiger partial charge >= 0.3 is 0 Å². The molecule has 152 valence electrons. The summed E-state index contributed by atoms with van der Waals surface area (Å²) >= 11 is 0. The molecule has 0 saturated carbocycles. The van der Waals surface area contributed by atoms with Crippen LogP contribution in [-0.4, -0.2) is 40.9 Å². The van der Waals surface area contributed by atoms with Crippen molar-refractivity contribution in [2.24, 2.45) is 4.99 Å². The van der Waals surface area contributed by atoms with Gasteiger partial charge in [0.25, 0.3) is 0 Å². The Morgan fingerprint density at radius 3 is 1.97 bits per heavy atom. The Bertz CT molecular complexity index is 984. The number of nitrogens with zero attached hydrogens (tertiary/aromatic N) is 3. The van der Waals surface area contributed by atoms with Gasteiger partial charge in [0.1, 0.15) is 0 Å². The summed E-state index contributed by atoms with van der Waals surface area (Å²) in [7, 11) is 0. The molecule has 1 fully saturated rings. The van der Waals surface area contributed by atoms with Crippen LogP contribution in [0.15, 0.2) is 96.0 Å². The zero-order valence-corrected chi connectivity index (χ0v) is 17.6. The van der Waals surface area contributed by atoms with Crippen LogP contribution in [0, 0.1) is 0 Å². The lowest BCUT2D eigenvalue weighted by atomic mass is 10.0. The molecule has 3 atom stereocenters. The van der Waals surface area contributed by atoms with E-state index in [0.29, 0.717) is 18.1 Å². The number of guanidine groups is 1. The molecule has 2 aliphatic rings. The Morgan fingerprint density at radius 2 is 1.33 bits per heavy atom. The van der Waals surface area contributed by atoms with Crippen molar-refractivity contribution < 1.29 is 0 Å². The number of benzene rings is 3. The van der Waals surface area contributed by atoms with Gasteiger partial charge in [-0.1, -0.05) is 91.0 Å². The van der Waals surface area contributed by atoms with E-state index < -0.39 is 0 Å². The Labute approximate surface area is 179 Å². The lowest BCUT2D eigenvalue weighted by Crippen LogP contribution is -2.36. The van der Waals surface area contributed by atoms with Crippen molar-refractivity contribution in [2.45, 2.75) is 37.9 Å². The molecule has 0 unspecified atom stereocenters. The number of aliphatic imine (C=N–C) groups is 1. The first kappa shape index (κ1) is 18.9. The van der Waals surface area contributed by atoms with Crippen LogP contribution in [0.2, 0.25) is 0 Å². The lowest BCUT2D eigenvalue weighted by Gasteiger charge is -2.26. The van der Waals surface area contributed by atoms with Crippen LogP contribution < -0.4 is 0 Å². The van der Waals surface area contributed by atoms with Gasteiger partial charge in [-0.3, -0.25) is 0 Å². The second-order valence-corrected chi connectivity index (χ2v) is 8.51. The van der Waals surface area contributed by atoms with E-state index in [1.807, 2.05) is 0 Å². The molecule has 0 bridgehead atoms. The SMILES string of the molecule is C[C@@H](c1ccccc1)N1C[C@H](Cc2ccccc2)N2C[C@H](Cc3ccccc3)N=C21. The molecular formula is C27H29N3. The van der Waals surface area contributed by atoms with Crippen molar-refractivity contribution in [1.29, 1.82) is 0 Å². The van der Waals surface area contributed by atoms with Crippen LogP contribution in [0.4, 0.5) is 0 Å². The van der Waals surface area contributed by atoms with Gasteiger partial charge in [0.05, 0.1) is 18.1 Å². The highest BCUT2D eigenvalue weighted by molar-refractivity contribution is 5.85. The van der Waals surface area contributed by atoms with E-state index in [1.54, 1.807) is 0 Å². The third-order valence-corrected chi connectivity index (χ3v) is 6.45. The van der Waals surface area contributed by atoms with Crippen molar-refractivity contribution in [3.8, 4) is 0 Å². The van der Waals surface area contributed by atoms with Gasteiger partial charge in [-0.15, -0.1) is 0 Å². The predicted molar refractivity (Wildman–Crippen MR) is 124 cm³/mol. The van der Waals surface area contributed by atoms with E-state index in [1.165, 1.54) is 22.6 Å². The molecule has 0 aliphatic carbocycles. The van der Waals surface area contributed by atoms with Crippen molar-refractivity contribution in [3.05, 3.63) is 108 Å². The Hall–Kier alpha value is -3.07. The Kier molecular flexibility index (Phi) is 5.27. The highest BCUT2D eigenvalue weighted by atomic mass is 15.5. The van der Waals surface area contributed by atoms with Crippen molar-refractivity contribution in [1.82, 2.24) is 9.80 Å². The highest BCUT2D eigenvalue weighted by Crippen LogP contribution is 2.33. The topological polar surface area (TPSA) is 18.8 Å². The molecule has 0 radical (unpaired) electrons. The fraction of sp³-hybridized carbons (Fsp3) is 0.296. The molecule has 2 aliphatic heterocycles. The summed E-state index contributed by atoms with van der Waals surface area (Å²) < 4.78 is 0. The molecule has 1 saturated heterocycles. The van der Waals surface area contributed by atoms with Crippen LogP contribution in [0.25, 0.3) is 0 Å². The van der Waals surface area contributed by atoms with Crippen LogP contribution in [0.1, 0.15) is 29.7 Å². The molecule has 3 heteroatoms. The molecule has 3 aromatic rings. The van der Waals surface area contributed by atoms with Crippen molar-refractivity contribution in [2.75, 3.05) is 13.1 Å². The fourth-order valence-electron chi connectivity index (χ4n) is 4.85. The summed E-state index contributed by atoms with van der Waals surface area (Å²) in [5.41, 5.74) is 4.13. The van der Waals surface area contributed by atoms with Crippen molar-refractivity contribution >= 4 is 5.96 Å². The van der Waals surface area contributed by atoms with E-state index in [4.69, 9.17) is 4.99 Å². The highest BCUT2D eigenvalue weighted by Gasteiger charge is 2.42. The first-order valence-corrected chi connectivity index (χ1v) is 11.0. The number of hydrogen-bond donors (Lipinski definition) is 0. The molecule has 0 spiro atoms. The maximum absolute atomic E-state index is 5.23. The van der Waals surface area contributed by atoms with Crippen LogP contribution in [0.5, 0.6) is 0 Å². The number of hydrogen-bond acceptors (Lipinski definition) is 3. The van der Waals surface area contributed by atoms with Gasteiger partial charge in [-0.2, -0.15) is 0 Å². The third kappa shape index (κ3) is 3.85. The van der Waals surface area contributed by atoms with Crippen LogP contribution in [-0.2, 0) is 12.8 Å². The first-order valence-electron chi connectivity index (χ1n) is 11.0. The Balaban J connectivity index is 1.41. The Morgan fingerprint density at radius 1 is 0.767 bits per heavy atom. The van der Waals surface area contributed by atoms with Gasteiger partial charge < -0.3 is 9.80 Å². The summed E-state index contributed by atoms with van der Waals surface area (Å²) in [4.78, 5) is 10.3. The maximum Gasteiger partial charge on any atom is 0.197 e. The van der Waals surface area contributed by atoms with E-state index in [9.17, 15) is 0 Å². The van der Waals surface area contributed by atoms with Gasteiger partial charge in [0, 0.05) is 13.1 Å². The lowest BCUT2D eigenvalue weighted by molar-refractivity contribution is 0.314. The normalized spacial score (nSPS) is 21.4.